The molecule has 0 unspecified atom stereocenters. The first kappa shape index (κ1) is 19.9. The van der Waals surface area contributed by atoms with Gasteiger partial charge in [0.2, 0.25) is 0 Å². The summed E-state index contributed by atoms with van der Waals surface area (Å²) < 4.78 is 8.19. The number of para-hydroxylation sites is 2. The number of benzene rings is 3. The second-order valence-corrected chi connectivity index (χ2v) is 8.54. The number of hydrogen-bond acceptors (Lipinski definition) is 3. The Bertz CT molecular complexity index is 1140. The lowest BCUT2D eigenvalue weighted by atomic mass is 10.1. The standard InChI is InChI=1S/C24H23ClN2OS/c1-17-6-5-7-19(14-17)16-27-23-9-4-3-8-22(23)26-24(27)29-13-12-28-20-10-11-21(25)18(2)15-20/h3-11,14-15H,12-13,16H2,1-2H3. The number of nitrogens with zero attached hydrogens (tertiary/aromatic N) is 2. The molecule has 29 heavy (non-hydrogen) atoms. The summed E-state index contributed by atoms with van der Waals surface area (Å²) in [5, 5.41) is 1.78. The van der Waals surface area contributed by atoms with Crippen LogP contribution in [0, 0.1) is 13.8 Å². The molecule has 0 atom stereocenters. The Labute approximate surface area is 180 Å². The van der Waals surface area contributed by atoms with E-state index in [-0.39, 0.29) is 0 Å². The monoisotopic (exact) mass is 422 g/mol. The first-order valence-electron chi connectivity index (χ1n) is 9.63. The first-order valence-corrected chi connectivity index (χ1v) is 11.0. The molecule has 1 heterocycles. The lowest BCUT2D eigenvalue weighted by Gasteiger charge is -2.11. The van der Waals surface area contributed by atoms with Crippen molar-refractivity contribution in [2.24, 2.45) is 0 Å². The Kier molecular flexibility index (Phi) is 6.12. The second-order valence-electron chi connectivity index (χ2n) is 7.07. The Hall–Kier alpha value is -2.43. The minimum absolute atomic E-state index is 0.611. The fraction of sp³-hybridized carbons (Fsp3) is 0.208. The highest BCUT2D eigenvalue weighted by molar-refractivity contribution is 7.99. The highest BCUT2D eigenvalue weighted by Crippen LogP contribution is 2.26. The maximum atomic E-state index is 6.08. The molecule has 3 nitrogen and oxygen atoms in total. The number of thioether (sulfide) groups is 1. The van der Waals surface area contributed by atoms with Crippen molar-refractivity contribution in [1.82, 2.24) is 9.55 Å². The van der Waals surface area contributed by atoms with E-state index in [0.717, 1.165) is 44.8 Å². The van der Waals surface area contributed by atoms with Crippen LogP contribution >= 0.6 is 23.4 Å². The van der Waals surface area contributed by atoms with Crippen molar-refractivity contribution in [1.29, 1.82) is 0 Å². The average molecular weight is 423 g/mol. The van der Waals surface area contributed by atoms with Crippen LogP contribution < -0.4 is 4.74 Å². The van der Waals surface area contributed by atoms with Gasteiger partial charge in [-0.25, -0.2) is 4.98 Å². The largest absolute Gasteiger partial charge is 0.493 e. The summed E-state index contributed by atoms with van der Waals surface area (Å²) in [7, 11) is 0. The van der Waals surface area contributed by atoms with Gasteiger partial charge in [0, 0.05) is 10.8 Å². The Balaban J connectivity index is 1.48. The zero-order valence-electron chi connectivity index (χ0n) is 16.6. The van der Waals surface area contributed by atoms with E-state index in [1.54, 1.807) is 11.8 Å². The summed E-state index contributed by atoms with van der Waals surface area (Å²) in [4.78, 5) is 4.85. The number of imidazole rings is 1. The van der Waals surface area contributed by atoms with Gasteiger partial charge in [0.05, 0.1) is 24.2 Å². The fourth-order valence-corrected chi connectivity index (χ4v) is 4.26. The summed E-state index contributed by atoms with van der Waals surface area (Å²) in [6.45, 7) is 5.53. The van der Waals surface area contributed by atoms with Crippen LogP contribution in [0.2, 0.25) is 5.02 Å². The summed E-state index contributed by atoms with van der Waals surface area (Å²) in [6.07, 6.45) is 0. The van der Waals surface area contributed by atoms with Crippen molar-refractivity contribution in [3.63, 3.8) is 0 Å². The normalized spacial score (nSPS) is 11.1. The summed E-state index contributed by atoms with van der Waals surface area (Å²) in [5.41, 5.74) is 5.76. The van der Waals surface area contributed by atoms with E-state index in [2.05, 4.69) is 54.0 Å². The van der Waals surface area contributed by atoms with Crippen LogP contribution in [-0.4, -0.2) is 21.9 Å². The van der Waals surface area contributed by atoms with Gasteiger partial charge in [-0.15, -0.1) is 0 Å². The maximum Gasteiger partial charge on any atom is 0.169 e. The van der Waals surface area contributed by atoms with Crippen LogP contribution in [0.3, 0.4) is 0 Å². The van der Waals surface area contributed by atoms with Crippen LogP contribution in [0.4, 0.5) is 0 Å². The number of halogens is 1. The Morgan fingerprint density at radius 3 is 2.69 bits per heavy atom. The third kappa shape index (κ3) is 4.77. The molecule has 4 rings (SSSR count). The molecule has 0 fully saturated rings. The molecule has 4 aromatic rings. The molecule has 0 radical (unpaired) electrons. The van der Waals surface area contributed by atoms with E-state index < -0.39 is 0 Å². The minimum Gasteiger partial charge on any atom is -0.493 e. The molecule has 0 aliphatic heterocycles. The van der Waals surface area contributed by atoms with Crippen molar-refractivity contribution in [3.8, 4) is 5.75 Å². The SMILES string of the molecule is Cc1cccc(Cn2c(SCCOc3ccc(Cl)c(C)c3)nc3ccccc32)c1. The van der Waals surface area contributed by atoms with E-state index >= 15 is 0 Å². The van der Waals surface area contributed by atoms with Crippen LogP contribution in [0.1, 0.15) is 16.7 Å². The third-order valence-electron chi connectivity index (χ3n) is 4.76. The zero-order valence-corrected chi connectivity index (χ0v) is 18.1. The predicted molar refractivity (Wildman–Crippen MR) is 122 cm³/mol. The van der Waals surface area contributed by atoms with Gasteiger partial charge >= 0.3 is 0 Å². The van der Waals surface area contributed by atoms with Gasteiger partial charge in [0.1, 0.15) is 5.75 Å². The Morgan fingerprint density at radius 2 is 1.86 bits per heavy atom. The number of rotatable bonds is 7. The Morgan fingerprint density at radius 1 is 1.00 bits per heavy atom. The lowest BCUT2D eigenvalue weighted by Crippen LogP contribution is -2.05. The van der Waals surface area contributed by atoms with E-state index in [1.165, 1.54) is 11.1 Å². The van der Waals surface area contributed by atoms with Gasteiger partial charge in [-0.05, 0) is 55.3 Å². The van der Waals surface area contributed by atoms with E-state index in [4.69, 9.17) is 21.3 Å². The minimum atomic E-state index is 0.611. The van der Waals surface area contributed by atoms with Crippen LogP contribution in [0.25, 0.3) is 11.0 Å². The maximum absolute atomic E-state index is 6.08. The fourth-order valence-electron chi connectivity index (χ4n) is 3.31. The first-order chi connectivity index (χ1) is 14.1. The van der Waals surface area contributed by atoms with Crippen molar-refractivity contribution < 1.29 is 4.74 Å². The van der Waals surface area contributed by atoms with Gasteiger partial charge in [-0.2, -0.15) is 0 Å². The average Bonchev–Trinajstić information content (AvgIpc) is 3.05. The molecule has 0 aliphatic rings. The van der Waals surface area contributed by atoms with Crippen LogP contribution in [0.5, 0.6) is 5.75 Å². The second kappa shape index (κ2) is 8.93. The highest BCUT2D eigenvalue weighted by Gasteiger charge is 2.12. The number of fused-ring (bicyclic) bond motifs is 1. The molecular weight excluding hydrogens is 400 g/mol. The molecule has 148 valence electrons. The van der Waals surface area contributed by atoms with Gasteiger partial charge in [0.25, 0.3) is 0 Å². The third-order valence-corrected chi connectivity index (χ3v) is 6.12. The number of aryl methyl sites for hydroxylation is 2. The quantitative estimate of drug-likeness (QED) is 0.250. The van der Waals surface area contributed by atoms with E-state index in [0.29, 0.717) is 6.61 Å². The van der Waals surface area contributed by atoms with Gasteiger partial charge in [-0.1, -0.05) is 65.3 Å². The molecule has 0 amide bonds. The predicted octanol–water partition coefficient (Wildman–Crippen LogP) is 6.53. The molecule has 0 aliphatic carbocycles. The topological polar surface area (TPSA) is 27.1 Å². The highest BCUT2D eigenvalue weighted by atomic mass is 35.5. The van der Waals surface area contributed by atoms with Gasteiger partial charge in [-0.3, -0.25) is 0 Å². The molecular formula is C24H23ClN2OS. The molecule has 3 aromatic carbocycles. The number of hydrogen-bond donors (Lipinski definition) is 0. The molecule has 5 heteroatoms. The summed E-state index contributed by atoms with van der Waals surface area (Å²) >= 11 is 7.81. The van der Waals surface area contributed by atoms with Crippen molar-refractivity contribution >= 4 is 34.4 Å². The van der Waals surface area contributed by atoms with Crippen molar-refractivity contribution in [2.75, 3.05) is 12.4 Å². The molecule has 0 N–H and O–H groups in total. The molecule has 0 bridgehead atoms. The van der Waals surface area contributed by atoms with Crippen LogP contribution in [-0.2, 0) is 6.54 Å². The zero-order chi connectivity index (χ0) is 20.2. The van der Waals surface area contributed by atoms with E-state index in [9.17, 15) is 0 Å². The summed E-state index contributed by atoms with van der Waals surface area (Å²) in [6, 6.07) is 22.7. The van der Waals surface area contributed by atoms with Crippen LogP contribution in [0.15, 0.2) is 71.9 Å². The number of ether oxygens (including phenoxy) is 1. The van der Waals surface area contributed by atoms with E-state index in [1.807, 2.05) is 31.2 Å². The lowest BCUT2D eigenvalue weighted by molar-refractivity contribution is 0.343. The molecule has 0 saturated heterocycles. The summed E-state index contributed by atoms with van der Waals surface area (Å²) in [5.74, 6) is 1.67. The van der Waals surface area contributed by atoms with Crippen molar-refractivity contribution in [3.05, 3.63) is 88.4 Å². The van der Waals surface area contributed by atoms with Gasteiger partial charge in [0.15, 0.2) is 5.16 Å². The number of aromatic nitrogens is 2. The van der Waals surface area contributed by atoms with Gasteiger partial charge < -0.3 is 9.30 Å². The smallest absolute Gasteiger partial charge is 0.169 e. The molecule has 0 saturated carbocycles. The molecule has 0 spiro atoms. The van der Waals surface area contributed by atoms with Crippen molar-refractivity contribution in [2.45, 2.75) is 25.5 Å². The molecule has 1 aromatic heterocycles.